The average Bonchev–Trinajstić information content (AvgIpc) is 3.08. The second kappa shape index (κ2) is 6.48. The van der Waals surface area contributed by atoms with Crippen LogP contribution in [-0.4, -0.2) is 30.7 Å². The molecule has 0 radical (unpaired) electrons. The number of nitro groups is 1. The van der Waals surface area contributed by atoms with E-state index < -0.39 is 16.4 Å². The molecule has 3 aromatic rings. The molecule has 1 aromatic heterocycles. The molecule has 0 bridgehead atoms. The highest BCUT2D eigenvalue weighted by molar-refractivity contribution is 5.55. The lowest BCUT2D eigenvalue weighted by molar-refractivity contribution is -0.385. The third-order valence-electron chi connectivity index (χ3n) is 2.81. The molecule has 0 aliphatic carbocycles. The molecule has 120 valence electrons. The minimum absolute atomic E-state index is 0.0841. The molecule has 0 aliphatic heterocycles. The molecule has 11 heteroatoms. The van der Waals surface area contributed by atoms with Crippen molar-refractivity contribution in [3.8, 4) is 17.5 Å². The maximum absolute atomic E-state index is 10.8. The highest BCUT2D eigenvalue weighted by Crippen LogP contribution is 2.31. The van der Waals surface area contributed by atoms with Crippen molar-refractivity contribution >= 4 is 17.1 Å². The van der Waals surface area contributed by atoms with Gasteiger partial charge >= 0.3 is 11.7 Å². The largest absolute Gasteiger partial charge is 0.502 e. The normalized spacial score (nSPS) is 10.8. The monoisotopic (exact) mass is 327 g/mol. The van der Waals surface area contributed by atoms with Gasteiger partial charge in [-0.3, -0.25) is 10.1 Å². The number of nitro benzene ring substituents is 1. The lowest BCUT2D eigenvalue weighted by Crippen LogP contribution is -1.87. The smallest absolute Gasteiger partial charge is 0.361 e. The predicted octanol–water partition coefficient (Wildman–Crippen LogP) is 3.02. The third kappa shape index (κ3) is 3.47. The summed E-state index contributed by atoms with van der Waals surface area (Å²) in [6, 6.07) is 10.3. The van der Waals surface area contributed by atoms with Crippen LogP contribution in [0.1, 0.15) is 0 Å². The summed E-state index contributed by atoms with van der Waals surface area (Å²) in [5, 5.41) is 40.9. The van der Waals surface area contributed by atoms with E-state index in [2.05, 4.69) is 30.9 Å². The zero-order valence-corrected chi connectivity index (χ0v) is 11.9. The van der Waals surface area contributed by atoms with Crippen LogP contribution in [0.15, 0.2) is 52.7 Å². The number of aromatic hydroxyl groups is 1. The van der Waals surface area contributed by atoms with Gasteiger partial charge in [0.1, 0.15) is 5.75 Å². The minimum Gasteiger partial charge on any atom is -0.502 e. The number of aromatic nitrogens is 4. The number of ether oxygens (including phenoxy) is 1. The van der Waals surface area contributed by atoms with Crippen molar-refractivity contribution in [1.82, 2.24) is 20.6 Å². The Morgan fingerprint density at radius 1 is 1.12 bits per heavy atom. The fourth-order valence-corrected chi connectivity index (χ4v) is 1.72. The molecule has 0 saturated heterocycles. The van der Waals surface area contributed by atoms with E-state index in [-0.39, 0.29) is 11.7 Å². The zero-order valence-electron chi connectivity index (χ0n) is 11.9. The molecular formula is C13H9N7O4. The summed E-state index contributed by atoms with van der Waals surface area (Å²) in [7, 11) is 0. The molecule has 2 aromatic carbocycles. The van der Waals surface area contributed by atoms with Crippen molar-refractivity contribution < 1.29 is 14.8 Å². The van der Waals surface area contributed by atoms with Crippen LogP contribution >= 0.6 is 0 Å². The van der Waals surface area contributed by atoms with Crippen LogP contribution < -0.4 is 4.74 Å². The maximum Gasteiger partial charge on any atom is 0.361 e. The van der Waals surface area contributed by atoms with E-state index in [0.29, 0.717) is 11.4 Å². The lowest BCUT2D eigenvalue weighted by Gasteiger charge is -2.00. The van der Waals surface area contributed by atoms with Crippen LogP contribution in [0.25, 0.3) is 0 Å². The fourth-order valence-electron chi connectivity index (χ4n) is 1.72. The van der Waals surface area contributed by atoms with Gasteiger partial charge < -0.3 is 9.84 Å². The molecule has 3 rings (SSSR count). The van der Waals surface area contributed by atoms with Gasteiger partial charge in [0, 0.05) is 6.07 Å². The molecule has 0 aliphatic rings. The van der Waals surface area contributed by atoms with E-state index in [1.807, 2.05) is 0 Å². The molecule has 11 nitrogen and oxygen atoms in total. The Balaban J connectivity index is 1.72. The van der Waals surface area contributed by atoms with E-state index in [9.17, 15) is 15.2 Å². The van der Waals surface area contributed by atoms with Crippen LogP contribution in [0.5, 0.6) is 17.5 Å². The summed E-state index contributed by atoms with van der Waals surface area (Å²) in [6.07, 6.45) is 0. The molecule has 24 heavy (non-hydrogen) atoms. The molecule has 1 heterocycles. The molecule has 0 fully saturated rings. The second-order valence-electron chi connectivity index (χ2n) is 4.42. The second-order valence-corrected chi connectivity index (χ2v) is 4.42. The molecule has 0 spiro atoms. The van der Waals surface area contributed by atoms with Gasteiger partial charge in [0.25, 0.3) is 0 Å². The maximum atomic E-state index is 10.8. The summed E-state index contributed by atoms with van der Waals surface area (Å²) >= 11 is 0. The standard InChI is InChI=1S/C13H9N7O4/c21-12-6-3-9(7-11(12)20(22)23)15-14-8-1-4-10(5-2-8)24-13-16-18-19-17-13/h1-7,21H,(H,16,17,18,19). The van der Waals surface area contributed by atoms with Crippen molar-refractivity contribution in [2.45, 2.75) is 0 Å². The van der Waals surface area contributed by atoms with Gasteiger partial charge in [-0.1, -0.05) is 10.2 Å². The van der Waals surface area contributed by atoms with Crippen molar-refractivity contribution in [3.63, 3.8) is 0 Å². The predicted molar refractivity (Wildman–Crippen MR) is 79.6 cm³/mol. The summed E-state index contributed by atoms with van der Waals surface area (Å²) in [4.78, 5) is 10.1. The Hall–Kier alpha value is -3.89. The first-order valence-corrected chi connectivity index (χ1v) is 6.52. The molecular weight excluding hydrogens is 318 g/mol. The highest BCUT2D eigenvalue weighted by atomic mass is 16.6. The first-order chi connectivity index (χ1) is 11.6. The number of azo groups is 1. The number of nitrogens with zero attached hydrogens (tertiary/aromatic N) is 6. The number of hydrogen-bond acceptors (Lipinski definition) is 9. The number of phenolic OH excluding ortho intramolecular Hbond substituents is 1. The lowest BCUT2D eigenvalue weighted by atomic mass is 10.2. The van der Waals surface area contributed by atoms with Crippen LogP contribution in [0.4, 0.5) is 17.1 Å². The Morgan fingerprint density at radius 3 is 2.50 bits per heavy atom. The number of aromatic amines is 1. The number of benzene rings is 2. The highest BCUT2D eigenvalue weighted by Gasteiger charge is 2.13. The van der Waals surface area contributed by atoms with Gasteiger partial charge in [-0.15, -0.1) is 0 Å². The van der Waals surface area contributed by atoms with E-state index in [0.717, 1.165) is 6.07 Å². The number of nitrogens with one attached hydrogen (secondary N) is 1. The van der Waals surface area contributed by atoms with E-state index >= 15 is 0 Å². The summed E-state index contributed by atoms with van der Waals surface area (Å²) in [6.45, 7) is 0. The summed E-state index contributed by atoms with van der Waals surface area (Å²) in [5.74, 6) is 0.0533. The number of H-pyrrole nitrogens is 1. The van der Waals surface area contributed by atoms with Gasteiger partial charge in [0.2, 0.25) is 0 Å². The SMILES string of the molecule is O=[N+]([O-])c1cc(N=Nc2ccc(Oc3nn[nH]n3)cc2)ccc1O. The van der Waals surface area contributed by atoms with E-state index in [1.54, 1.807) is 24.3 Å². The Morgan fingerprint density at radius 2 is 1.83 bits per heavy atom. The first kappa shape index (κ1) is 15.0. The quantitative estimate of drug-likeness (QED) is 0.415. The average molecular weight is 327 g/mol. The third-order valence-corrected chi connectivity index (χ3v) is 2.81. The first-order valence-electron chi connectivity index (χ1n) is 6.52. The Kier molecular flexibility index (Phi) is 4.05. The van der Waals surface area contributed by atoms with Gasteiger partial charge in [-0.2, -0.15) is 15.4 Å². The Labute approximate surface area is 133 Å². The summed E-state index contributed by atoms with van der Waals surface area (Å²) in [5.41, 5.74) is 0.313. The van der Waals surface area contributed by atoms with Gasteiger partial charge in [0.05, 0.1) is 16.3 Å². The molecule has 0 unspecified atom stereocenters. The fraction of sp³-hybridized carbons (Fsp3) is 0. The van der Waals surface area contributed by atoms with Crippen molar-refractivity contribution in [1.29, 1.82) is 0 Å². The Bertz CT molecular complexity index is 878. The number of tetrazole rings is 1. The van der Waals surface area contributed by atoms with Gasteiger partial charge in [0.15, 0.2) is 5.75 Å². The molecule has 2 N–H and O–H groups in total. The van der Waals surface area contributed by atoms with Crippen LogP contribution in [0.3, 0.4) is 0 Å². The van der Waals surface area contributed by atoms with Crippen molar-refractivity contribution in [3.05, 3.63) is 52.6 Å². The summed E-state index contributed by atoms with van der Waals surface area (Å²) < 4.78 is 5.30. The number of phenols is 1. The van der Waals surface area contributed by atoms with Crippen LogP contribution in [0.2, 0.25) is 0 Å². The molecule has 0 saturated carbocycles. The van der Waals surface area contributed by atoms with Crippen molar-refractivity contribution in [2.24, 2.45) is 10.2 Å². The van der Waals surface area contributed by atoms with Crippen molar-refractivity contribution in [2.75, 3.05) is 0 Å². The number of hydrogen-bond donors (Lipinski definition) is 2. The van der Waals surface area contributed by atoms with E-state index in [4.69, 9.17) is 4.74 Å². The van der Waals surface area contributed by atoms with Crippen LogP contribution in [0, 0.1) is 10.1 Å². The minimum atomic E-state index is -0.696. The van der Waals surface area contributed by atoms with Gasteiger partial charge in [-0.25, -0.2) is 0 Å². The van der Waals surface area contributed by atoms with Crippen LogP contribution in [-0.2, 0) is 0 Å². The zero-order chi connectivity index (χ0) is 16.9. The van der Waals surface area contributed by atoms with E-state index in [1.165, 1.54) is 12.1 Å². The topological polar surface area (TPSA) is 152 Å². The molecule has 0 amide bonds. The molecule has 0 atom stereocenters. The number of rotatable bonds is 5. The van der Waals surface area contributed by atoms with Gasteiger partial charge in [-0.05, 0) is 41.6 Å².